The van der Waals surface area contributed by atoms with Crippen molar-refractivity contribution < 1.29 is 8.42 Å². The Morgan fingerprint density at radius 3 is 2.65 bits per heavy atom. The first-order valence-corrected chi connectivity index (χ1v) is 9.34. The highest BCUT2D eigenvalue weighted by atomic mass is 32.2. The molecule has 0 saturated carbocycles. The molecule has 0 amide bonds. The van der Waals surface area contributed by atoms with Crippen molar-refractivity contribution in [1.29, 1.82) is 0 Å². The maximum atomic E-state index is 12.3. The summed E-state index contributed by atoms with van der Waals surface area (Å²) in [7, 11) is -2.94. The molecule has 0 spiro atoms. The Balaban J connectivity index is 2.14. The molecule has 0 radical (unpaired) electrons. The van der Waals surface area contributed by atoms with Crippen molar-refractivity contribution in [3.05, 3.63) is 35.9 Å². The molecular formula is C16H25NO2S. The van der Waals surface area contributed by atoms with E-state index in [4.69, 9.17) is 0 Å². The molecule has 0 bridgehead atoms. The lowest BCUT2D eigenvalue weighted by molar-refractivity contribution is 0.433. The molecule has 1 aromatic rings. The molecule has 3 nitrogen and oxygen atoms in total. The van der Waals surface area contributed by atoms with Gasteiger partial charge in [-0.25, -0.2) is 8.42 Å². The Hall–Kier alpha value is -0.870. The molecule has 2 rings (SSSR count). The maximum Gasteiger partial charge on any atom is 0.154 e. The number of nitrogens with one attached hydrogen (secondary N) is 1. The Kier molecular flexibility index (Phi) is 5.61. The summed E-state index contributed by atoms with van der Waals surface area (Å²) in [4.78, 5) is 0. The van der Waals surface area contributed by atoms with E-state index in [1.165, 1.54) is 5.56 Å². The number of hydrogen-bond donors (Lipinski definition) is 1. The highest BCUT2D eigenvalue weighted by Crippen LogP contribution is 2.24. The van der Waals surface area contributed by atoms with Crippen molar-refractivity contribution in [2.24, 2.45) is 0 Å². The van der Waals surface area contributed by atoms with Crippen LogP contribution in [0.2, 0.25) is 0 Å². The van der Waals surface area contributed by atoms with E-state index in [1.807, 2.05) is 18.2 Å². The molecule has 0 aromatic heterocycles. The van der Waals surface area contributed by atoms with Gasteiger partial charge in [-0.1, -0.05) is 43.7 Å². The van der Waals surface area contributed by atoms with Gasteiger partial charge in [0.2, 0.25) is 0 Å². The van der Waals surface area contributed by atoms with E-state index >= 15 is 0 Å². The summed E-state index contributed by atoms with van der Waals surface area (Å²) in [5.74, 6) is 0.358. The van der Waals surface area contributed by atoms with E-state index in [1.54, 1.807) is 0 Å². The van der Waals surface area contributed by atoms with Gasteiger partial charge in [0.1, 0.15) is 0 Å². The van der Waals surface area contributed by atoms with E-state index in [2.05, 4.69) is 24.4 Å². The van der Waals surface area contributed by atoms with Gasteiger partial charge >= 0.3 is 0 Å². The summed E-state index contributed by atoms with van der Waals surface area (Å²) in [6.07, 6.45) is 4.48. The van der Waals surface area contributed by atoms with E-state index in [-0.39, 0.29) is 11.3 Å². The van der Waals surface area contributed by atoms with Crippen LogP contribution in [-0.4, -0.2) is 32.0 Å². The third kappa shape index (κ3) is 4.06. The topological polar surface area (TPSA) is 46.2 Å². The summed E-state index contributed by atoms with van der Waals surface area (Å²) >= 11 is 0. The standard InChI is InChI=1S/C16H25NO2S/c1-2-11-17-15(13-14-8-4-3-5-9-14)16-10-6-7-12-20(16,18)19/h3-5,8-9,15-17H,2,6-7,10-13H2,1H3. The lowest BCUT2D eigenvalue weighted by Crippen LogP contribution is -2.48. The van der Waals surface area contributed by atoms with Crippen molar-refractivity contribution >= 4 is 9.84 Å². The third-order valence-corrected chi connectivity index (χ3v) is 6.38. The zero-order valence-corrected chi connectivity index (χ0v) is 13.0. The molecule has 0 aliphatic carbocycles. The summed E-state index contributed by atoms with van der Waals surface area (Å²) in [5, 5.41) is 3.24. The molecule has 112 valence electrons. The Bertz CT molecular complexity index is 498. The lowest BCUT2D eigenvalue weighted by Gasteiger charge is -2.31. The highest BCUT2D eigenvalue weighted by molar-refractivity contribution is 7.92. The van der Waals surface area contributed by atoms with Crippen LogP contribution in [0.15, 0.2) is 30.3 Å². The molecule has 1 saturated heterocycles. The second-order valence-electron chi connectivity index (χ2n) is 5.65. The van der Waals surface area contributed by atoms with Crippen molar-refractivity contribution in [2.45, 2.75) is 50.3 Å². The zero-order valence-electron chi connectivity index (χ0n) is 12.2. The van der Waals surface area contributed by atoms with Crippen LogP contribution in [0.5, 0.6) is 0 Å². The number of benzene rings is 1. The first kappa shape index (κ1) is 15.5. The summed E-state index contributed by atoms with van der Waals surface area (Å²) in [6.45, 7) is 2.99. The quantitative estimate of drug-likeness (QED) is 0.877. The van der Waals surface area contributed by atoms with Crippen molar-refractivity contribution in [2.75, 3.05) is 12.3 Å². The zero-order chi connectivity index (χ0) is 14.4. The molecule has 20 heavy (non-hydrogen) atoms. The summed E-state index contributed by atoms with van der Waals surface area (Å²) in [5.41, 5.74) is 1.21. The van der Waals surface area contributed by atoms with Crippen molar-refractivity contribution in [1.82, 2.24) is 5.32 Å². The number of rotatable bonds is 6. The van der Waals surface area contributed by atoms with Gasteiger partial charge < -0.3 is 5.32 Å². The monoisotopic (exact) mass is 295 g/mol. The molecule has 1 aliphatic rings. The molecule has 4 heteroatoms. The van der Waals surface area contributed by atoms with Gasteiger partial charge in [-0.05, 0) is 37.8 Å². The van der Waals surface area contributed by atoms with Gasteiger partial charge in [-0.2, -0.15) is 0 Å². The Morgan fingerprint density at radius 1 is 1.25 bits per heavy atom. The lowest BCUT2D eigenvalue weighted by atomic mass is 9.99. The van der Waals surface area contributed by atoms with Crippen LogP contribution in [0, 0.1) is 0 Å². The summed E-state index contributed by atoms with van der Waals surface area (Å²) in [6, 6.07) is 10.2. The smallest absolute Gasteiger partial charge is 0.154 e. The van der Waals surface area contributed by atoms with Gasteiger partial charge in [-0.15, -0.1) is 0 Å². The average Bonchev–Trinajstić information content (AvgIpc) is 2.44. The predicted molar refractivity (Wildman–Crippen MR) is 83.7 cm³/mol. The van der Waals surface area contributed by atoms with E-state index in [0.717, 1.165) is 38.6 Å². The second-order valence-corrected chi connectivity index (χ2v) is 7.99. The minimum Gasteiger partial charge on any atom is -0.312 e. The van der Waals surface area contributed by atoms with Gasteiger partial charge in [0.05, 0.1) is 11.0 Å². The molecule has 1 aliphatic heterocycles. The maximum absolute atomic E-state index is 12.3. The van der Waals surface area contributed by atoms with Crippen molar-refractivity contribution in [3.63, 3.8) is 0 Å². The van der Waals surface area contributed by atoms with Crippen LogP contribution in [0.25, 0.3) is 0 Å². The van der Waals surface area contributed by atoms with Crippen LogP contribution in [-0.2, 0) is 16.3 Å². The fourth-order valence-electron chi connectivity index (χ4n) is 2.96. The molecule has 2 atom stereocenters. The molecule has 1 aromatic carbocycles. The number of sulfone groups is 1. The molecule has 1 fully saturated rings. The highest BCUT2D eigenvalue weighted by Gasteiger charge is 2.35. The third-order valence-electron chi connectivity index (χ3n) is 4.03. The fraction of sp³-hybridized carbons (Fsp3) is 0.625. The minimum atomic E-state index is -2.94. The van der Waals surface area contributed by atoms with E-state index in [9.17, 15) is 8.42 Å². The van der Waals surface area contributed by atoms with Crippen LogP contribution >= 0.6 is 0 Å². The van der Waals surface area contributed by atoms with Crippen LogP contribution in [0.1, 0.15) is 38.2 Å². The largest absolute Gasteiger partial charge is 0.312 e. The van der Waals surface area contributed by atoms with Crippen LogP contribution < -0.4 is 5.32 Å². The Morgan fingerprint density at radius 2 is 2.00 bits per heavy atom. The molecular weight excluding hydrogens is 270 g/mol. The Labute approximate surface area is 122 Å². The SMILES string of the molecule is CCCNC(Cc1ccccc1)C1CCCCS1(=O)=O. The molecule has 2 unspecified atom stereocenters. The van der Waals surface area contributed by atoms with Crippen molar-refractivity contribution in [3.8, 4) is 0 Å². The van der Waals surface area contributed by atoms with Gasteiger partial charge in [-0.3, -0.25) is 0 Å². The fourth-order valence-corrected chi connectivity index (χ4v) is 5.09. The van der Waals surface area contributed by atoms with Gasteiger partial charge in [0, 0.05) is 6.04 Å². The first-order valence-electron chi connectivity index (χ1n) is 7.62. The number of hydrogen-bond acceptors (Lipinski definition) is 3. The normalized spacial score (nSPS) is 23.4. The molecule has 1 heterocycles. The first-order chi connectivity index (χ1) is 9.63. The van der Waals surface area contributed by atoms with E-state index in [0.29, 0.717) is 5.75 Å². The van der Waals surface area contributed by atoms with Crippen LogP contribution in [0.3, 0.4) is 0 Å². The summed E-state index contributed by atoms with van der Waals surface area (Å²) < 4.78 is 24.7. The predicted octanol–water partition coefficient (Wildman–Crippen LogP) is 2.56. The minimum absolute atomic E-state index is 0.0441. The van der Waals surface area contributed by atoms with Crippen LogP contribution in [0.4, 0.5) is 0 Å². The van der Waals surface area contributed by atoms with Gasteiger partial charge in [0.15, 0.2) is 9.84 Å². The second kappa shape index (κ2) is 7.23. The van der Waals surface area contributed by atoms with Gasteiger partial charge in [0.25, 0.3) is 0 Å². The molecule has 1 N–H and O–H groups in total. The van der Waals surface area contributed by atoms with E-state index < -0.39 is 9.84 Å². The average molecular weight is 295 g/mol.